The van der Waals surface area contributed by atoms with Crippen LogP contribution in [-0.4, -0.2) is 39.0 Å². The third-order valence-electron chi connectivity index (χ3n) is 2.83. The molecule has 0 aromatic carbocycles. The lowest BCUT2D eigenvalue weighted by Crippen LogP contribution is -2.64. The second-order valence-corrected chi connectivity index (χ2v) is 4.86. The number of nitrogens with zero attached hydrogens (tertiary/aromatic N) is 4. The van der Waals surface area contributed by atoms with E-state index >= 15 is 0 Å². The first-order valence-electron chi connectivity index (χ1n) is 4.84. The highest BCUT2D eigenvalue weighted by Crippen LogP contribution is 2.34. The Kier molecular flexibility index (Phi) is 2.71. The van der Waals surface area contributed by atoms with Gasteiger partial charge in [-0.2, -0.15) is 10.4 Å². The van der Waals surface area contributed by atoms with Crippen molar-refractivity contribution >= 4 is 27.8 Å². The molecule has 0 saturated carbocycles. The van der Waals surface area contributed by atoms with Gasteiger partial charge < -0.3 is 15.7 Å². The van der Waals surface area contributed by atoms with Crippen LogP contribution in [0, 0.1) is 11.3 Å². The van der Waals surface area contributed by atoms with Crippen LogP contribution in [0.5, 0.6) is 0 Å². The summed E-state index contributed by atoms with van der Waals surface area (Å²) in [4.78, 5) is 12.0. The normalized spacial score (nSPS) is 17.3. The smallest absolute Gasteiger partial charge is 0.407 e. The van der Waals surface area contributed by atoms with Crippen LogP contribution in [0.2, 0.25) is 0 Å². The number of hydrogen-bond acceptors (Lipinski definition) is 4. The van der Waals surface area contributed by atoms with Crippen LogP contribution >= 0.6 is 15.9 Å². The minimum absolute atomic E-state index is 0.199. The van der Waals surface area contributed by atoms with E-state index in [0.717, 1.165) is 0 Å². The lowest BCUT2D eigenvalue weighted by atomic mass is 9.87. The zero-order valence-electron chi connectivity index (χ0n) is 8.80. The summed E-state index contributed by atoms with van der Waals surface area (Å²) in [6, 6.07) is 2.06. The molecule has 0 bridgehead atoms. The molecule has 0 spiro atoms. The molecule has 0 radical (unpaired) electrons. The van der Waals surface area contributed by atoms with E-state index in [0.29, 0.717) is 10.3 Å². The molecular weight excluding hydrogens is 290 g/mol. The number of likely N-dealkylation sites (tertiary alicyclic amines) is 1. The first kappa shape index (κ1) is 11.7. The zero-order valence-corrected chi connectivity index (χ0v) is 10.4. The fourth-order valence-electron chi connectivity index (χ4n) is 1.89. The van der Waals surface area contributed by atoms with Crippen molar-refractivity contribution in [3.05, 3.63) is 10.7 Å². The van der Waals surface area contributed by atoms with Crippen molar-refractivity contribution in [2.45, 2.75) is 12.0 Å². The third-order valence-corrected chi connectivity index (χ3v) is 3.44. The van der Waals surface area contributed by atoms with Crippen molar-refractivity contribution in [3.63, 3.8) is 0 Å². The molecule has 0 unspecified atom stereocenters. The van der Waals surface area contributed by atoms with Crippen LogP contribution in [0.1, 0.15) is 6.42 Å². The van der Waals surface area contributed by atoms with Crippen molar-refractivity contribution in [1.82, 2.24) is 14.7 Å². The Morgan fingerprint density at radius 3 is 2.82 bits per heavy atom. The first-order valence-corrected chi connectivity index (χ1v) is 5.64. The largest absolute Gasteiger partial charge is 0.465 e. The fourth-order valence-corrected chi connectivity index (χ4v) is 2.17. The highest BCUT2D eigenvalue weighted by molar-refractivity contribution is 9.10. The third kappa shape index (κ3) is 1.82. The van der Waals surface area contributed by atoms with Gasteiger partial charge in [0, 0.05) is 6.20 Å². The molecule has 1 aliphatic rings. The predicted octanol–water partition coefficient (Wildman–Crippen LogP) is 0.830. The topological polar surface area (TPSA) is 108 Å². The van der Waals surface area contributed by atoms with Gasteiger partial charge in [0.25, 0.3) is 0 Å². The molecule has 2 rings (SSSR count). The maximum atomic E-state index is 10.8. The molecule has 1 amide bonds. The average Bonchev–Trinajstić information content (AvgIpc) is 2.52. The average molecular weight is 300 g/mol. The molecule has 1 saturated heterocycles. The number of aromatic nitrogens is 2. The number of nitrogens with two attached hydrogens (primary N) is 1. The van der Waals surface area contributed by atoms with Gasteiger partial charge in [0.1, 0.15) is 5.54 Å². The van der Waals surface area contributed by atoms with Crippen LogP contribution in [0.25, 0.3) is 0 Å². The van der Waals surface area contributed by atoms with E-state index in [1.807, 2.05) is 0 Å². The zero-order chi connectivity index (χ0) is 12.6. The summed E-state index contributed by atoms with van der Waals surface area (Å²) in [7, 11) is 0. The van der Waals surface area contributed by atoms with E-state index in [1.54, 1.807) is 10.9 Å². The maximum Gasteiger partial charge on any atom is 0.407 e. The highest BCUT2D eigenvalue weighted by Gasteiger charge is 2.47. The molecule has 90 valence electrons. The van der Waals surface area contributed by atoms with Crippen LogP contribution in [-0.2, 0) is 5.54 Å². The number of nitriles is 1. The van der Waals surface area contributed by atoms with Crippen molar-refractivity contribution in [2.75, 3.05) is 18.8 Å². The number of anilines is 1. The summed E-state index contributed by atoms with van der Waals surface area (Å²) in [6.07, 6.45) is 0.883. The summed E-state index contributed by atoms with van der Waals surface area (Å²) in [6.45, 7) is 0.507. The first-order chi connectivity index (χ1) is 7.98. The van der Waals surface area contributed by atoms with Crippen molar-refractivity contribution in [2.24, 2.45) is 0 Å². The van der Waals surface area contributed by atoms with Gasteiger partial charge in [-0.1, -0.05) is 0 Å². The van der Waals surface area contributed by atoms with Gasteiger partial charge in [0.05, 0.1) is 30.1 Å². The molecule has 1 aliphatic heterocycles. The van der Waals surface area contributed by atoms with E-state index in [2.05, 4.69) is 27.1 Å². The number of carbonyl (C=O) groups is 1. The predicted molar refractivity (Wildman–Crippen MR) is 62.1 cm³/mol. The summed E-state index contributed by atoms with van der Waals surface area (Å²) in [5.41, 5.74) is 5.03. The van der Waals surface area contributed by atoms with Crippen LogP contribution in [0.3, 0.4) is 0 Å². The van der Waals surface area contributed by atoms with Gasteiger partial charge in [-0.15, -0.1) is 0 Å². The fraction of sp³-hybridized carbons (Fsp3) is 0.444. The SMILES string of the molecule is N#CCC1(n2cc(Br)c(N)n2)CN(C(=O)O)C1. The van der Waals surface area contributed by atoms with Crippen LogP contribution in [0.4, 0.5) is 10.6 Å². The molecule has 17 heavy (non-hydrogen) atoms. The molecule has 0 atom stereocenters. The van der Waals surface area contributed by atoms with E-state index in [9.17, 15) is 4.79 Å². The van der Waals surface area contributed by atoms with Crippen molar-refractivity contribution in [3.8, 4) is 6.07 Å². The lowest BCUT2D eigenvalue weighted by Gasteiger charge is -2.47. The molecule has 3 N–H and O–H groups in total. The minimum atomic E-state index is -0.988. The molecule has 1 aromatic rings. The second-order valence-electron chi connectivity index (χ2n) is 4.00. The van der Waals surface area contributed by atoms with Crippen molar-refractivity contribution in [1.29, 1.82) is 5.26 Å². The second kappa shape index (κ2) is 3.92. The number of halogens is 1. The van der Waals surface area contributed by atoms with Gasteiger partial charge in [-0.05, 0) is 15.9 Å². The summed E-state index contributed by atoms with van der Waals surface area (Å²) in [5, 5.41) is 21.7. The van der Waals surface area contributed by atoms with E-state index in [1.165, 1.54) is 4.90 Å². The van der Waals surface area contributed by atoms with Crippen molar-refractivity contribution < 1.29 is 9.90 Å². The van der Waals surface area contributed by atoms with Gasteiger partial charge >= 0.3 is 6.09 Å². The summed E-state index contributed by atoms with van der Waals surface area (Å²) in [5.74, 6) is 0.330. The Morgan fingerprint density at radius 1 is 1.76 bits per heavy atom. The Bertz CT molecular complexity index is 480. The van der Waals surface area contributed by atoms with Crippen LogP contribution in [0.15, 0.2) is 10.7 Å². The van der Waals surface area contributed by atoms with Gasteiger partial charge in [-0.3, -0.25) is 4.68 Å². The Balaban J connectivity index is 2.26. The summed E-state index contributed by atoms with van der Waals surface area (Å²) < 4.78 is 2.22. The standard InChI is InChI=1S/C9H10BrN5O2/c10-6-3-15(13-7(6)12)9(1-2-11)4-14(5-9)8(16)17/h3H,1,4-5H2,(H2,12,13)(H,16,17). The number of nitrogen functional groups attached to an aromatic ring is 1. The number of carboxylic acid groups (broad SMARTS) is 1. The Morgan fingerprint density at radius 2 is 2.41 bits per heavy atom. The molecule has 0 aliphatic carbocycles. The molecule has 1 fully saturated rings. The quantitative estimate of drug-likeness (QED) is 0.841. The number of amides is 1. The molecule has 8 heteroatoms. The summed E-state index contributed by atoms with van der Waals surface area (Å²) >= 11 is 3.24. The number of rotatable bonds is 2. The maximum absolute atomic E-state index is 10.8. The Labute approximate surface area is 106 Å². The van der Waals surface area contributed by atoms with E-state index < -0.39 is 11.6 Å². The van der Waals surface area contributed by atoms with Gasteiger partial charge in [-0.25, -0.2) is 4.79 Å². The highest BCUT2D eigenvalue weighted by atomic mass is 79.9. The van der Waals surface area contributed by atoms with Gasteiger partial charge in [0.15, 0.2) is 5.82 Å². The Hall–Kier alpha value is -1.75. The van der Waals surface area contributed by atoms with E-state index in [-0.39, 0.29) is 19.5 Å². The lowest BCUT2D eigenvalue weighted by molar-refractivity contribution is 0.0140. The molecule has 1 aromatic heterocycles. The molecular formula is C9H10BrN5O2. The van der Waals surface area contributed by atoms with Gasteiger partial charge in [0.2, 0.25) is 0 Å². The van der Waals surface area contributed by atoms with Crippen LogP contribution < -0.4 is 5.73 Å². The number of hydrogen-bond donors (Lipinski definition) is 2. The molecule has 7 nitrogen and oxygen atoms in total. The molecule has 2 heterocycles. The minimum Gasteiger partial charge on any atom is -0.465 e. The monoisotopic (exact) mass is 299 g/mol. The van der Waals surface area contributed by atoms with E-state index in [4.69, 9.17) is 16.1 Å².